The van der Waals surface area contributed by atoms with Crippen LogP contribution >= 0.6 is 0 Å². The molecule has 0 saturated heterocycles. The predicted octanol–water partition coefficient (Wildman–Crippen LogP) is -0.237. The third-order valence-corrected chi connectivity index (χ3v) is 2.14. The fourth-order valence-electron chi connectivity index (χ4n) is 1.43. The van der Waals surface area contributed by atoms with Crippen LogP contribution in [0.1, 0.15) is 17.2 Å². The molecule has 0 radical (unpaired) electrons. The molecule has 0 spiro atoms. The van der Waals surface area contributed by atoms with Gasteiger partial charge in [0.2, 0.25) is 0 Å². The van der Waals surface area contributed by atoms with Crippen molar-refractivity contribution in [3.05, 3.63) is 42.2 Å². The highest BCUT2D eigenvalue weighted by molar-refractivity contribution is 5.24. The summed E-state index contributed by atoms with van der Waals surface area (Å²) in [6.07, 6.45) is 8.60. The van der Waals surface area contributed by atoms with Gasteiger partial charge in [0.25, 0.3) is 0 Å². The van der Waals surface area contributed by atoms with E-state index in [1.165, 1.54) is 6.33 Å². The van der Waals surface area contributed by atoms with Crippen molar-refractivity contribution in [2.45, 2.75) is 6.04 Å². The maximum Gasteiger partial charge on any atom is 0.115 e. The molecule has 3 N–H and O–H groups in total. The van der Waals surface area contributed by atoms with E-state index in [4.69, 9.17) is 5.84 Å². The van der Waals surface area contributed by atoms with Gasteiger partial charge in [0.1, 0.15) is 6.33 Å². The van der Waals surface area contributed by atoms with Gasteiger partial charge in [-0.1, -0.05) is 0 Å². The SMILES string of the molecule is Cn1cc(C(NN)c2cncnc2)cn1. The predicted molar refractivity (Wildman–Crippen MR) is 54.4 cm³/mol. The number of aromatic nitrogens is 4. The highest BCUT2D eigenvalue weighted by Crippen LogP contribution is 2.18. The lowest BCUT2D eigenvalue weighted by Gasteiger charge is -2.12. The Morgan fingerprint density at radius 2 is 2.00 bits per heavy atom. The first kappa shape index (κ1) is 9.75. The molecule has 6 nitrogen and oxygen atoms in total. The summed E-state index contributed by atoms with van der Waals surface area (Å²) in [6, 6.07) is -0.125. The van der Waals surface area contributed by atoms with Crippen LogP contribution in [0.5, 0.6) is 0 Å². The molecule has 0 bridgehead atoms. The van der Waals surface area contributed by atoms with Gasteiger partial charge >= 0.3 is 0 Å². The molecule has 0 fully saturated rings. The summed E-state index contributed by atoms with van der Waals surface area (Å²) in [4.78, 5) is 7.90. The Morgan fingerprint density at radius 3 is 2.53 bits per heavy atom. The second-order valence-electron chi connectivity index (χ2n) is 3.22. The normalized spacial score (nSPS) is 12.7. The summed E-state index contributed by atoms with van der Waals surface area (Å²) in [6.45, 7) is 0. The van der Waals surface area contributed by atoms with Crippen LogP contribution in [0.15, 0.2) is 31.1 Å². The summed E-state index contributed by atoms with van der Waals surface area (Å²) in [5, 5.41) is 4.09. The molecule has 6 heteroatoms. The summed E-state index contributed by atoms with van der Waals surface area (Å²) in [5.74, 6) is 5.50. The van der Waals surface area contributed by atoms with Gasteiger partial charge in [0.05, 0.1) is 12.2 Å². The van der Waals surface area contributed by atoms with Crippen LogP contribution in [0.25, 0.3) is 0 Å². The van der Waals surface area contributed by atoms with E-state index in [2.05, 4.69) is 20.5 Å². The molecule has 1 unspecified atom stereocenters. The Labute approximate surface area is 87.1 Å². The van der Waals surface area contributed by atoms with Crippen molar-refractivity contribution in [3.8, 4) is 0 Å². The fraction of sp³-hybridized carbons (Fsp3) is 0.222. The molecule has 1 atom stereocenters. The van der Waals surface area contributed by atoms with Crippen molar-refractivity contribution in [2.75, 3.05) is 0 Å². The zero-order valence-corrected chi connectivity index (χ0v) is 8.33. The van der Waals surface area contributed by atoms with Gasteiger partial charge < -0.3 is 0 Å². The van der Waals surface area contributed by atoms with Crippen molar-refractivity contribution < 1.29 is 0 Å². The van der Waals surface area contributed by atoms with Gasteiger partial charge in [-0.05, 0) is 0 Å². The second kappa shape index (κ2) is 4.16. The molecule has 2 heterocycles. The molecule has 0 aromatic carbocycles. The molecular formula is C9H12N6. The number of hydrazine groups is 1. The van der Waals surface area contributed by atoms with Crippen LogP contribution in [0, 0.1) is 0 Å². The van der Waals surface area contributed by atoms with Crippen LogP contribution in [-0.4, -0.2) is 19.7 Å². The minimum Gasteiger partial charge on any atom is -0.275 e. The molecule has 2 aromatic heterocycles. The van der Waals surface area contributed by atoms with E-state index in [0.29, 0.717) is 0 Å². The van der Waals surface area contributed by atoms with Crippen molar-refractivity contribution >= 4 is 0 Å². The van der Waals surface area contributed by atoms with E-state index in [-0.39, 0.29) is 6.04 Å². The molecule has 0 amide bonds. The molecule has 0 aliphatic carbocycles. The topological polar surface area (TPSA) is 81.7 Å². The molecule has 15 heavy (non-hydrogen) atoms. The minimum absolute atomic E-state index is 0.125. The highest BCUT2D eigenvalue weighted by atomic mass is 15.3. The lowest BCUT2D eigenvalue weighted by atomic mass is 10.1. The molecular weight excluding hydrogens is 192 g/mol. The largest absolute Gasteiger partial charge is 0.275 e. The zero-order chi connectivity index (χ0) is 10.7. The first-order valence-electron chi connectivity index (χ1n) is 4.51. The average Bonchev–Trinajstić information content (AvgIpc) is 2.68. The van der Waals surface area contributed by atoms with E-state index in [1.807, 2.05) is 13.2 Å². The summed E-state index contributed by atoms with van der Waals surface area (Å²) in [7, 11) is 1.86. The van der Waals surface area contributed by atoms with Crippen molar-refractivity contribution in [3.63, 3.8) is 0 Å². The number of hydrogen-bond donors (Lipinski definition) is 2. The average molecular weight is 204 g/mol. The van der Waals surface area contributed by atoms with E-state index in [0.717, 1.165) is 11.1 Å². The number of aryl methyl sites for hydroxylation is 1. The van der Waals surface area contributed by atoms with Gasteiger partial charge in [-0.3, -0.25) is 10.5 Å². The van der Waals surface area contributed by atoms with Crippen molar-refractivity contribution in [1.29, 1.82) is 0 Å². The van der Waals surface area contributed by atoms with E-state index in [9.17, 15) is 0 Å². The Bertz CT molecular complexity index is 423. The van der Waals surface area contributed by atoms with E-state index >= 15 is 0 Å². The molecule has 78 valence electrons. The maximum atomic E-state index is 5.50. The number of nitrogens with two attached hydrogens (primary N) is 1. The minimum atomic E-state index is -0.125. The molecule has 0 saturated carbocycles. The third kappa shape index (κ3) is 2.00. The van der Waals surface area contributed by atoms with Crippen LogP contribution in [0.2, 0.25) is 0 Å². The fourth-order valence-corrected chi connectivity index (χ4v) is 1.43. The number of hydrogen-bond acceptors (Lipinski definition) is 5. The summed E-state index contributed by atoms with van der Waals surface area (Å²) in [5.41, 5.74) is 4.61. The number of nitrogens with one attached hydrogen (secondary N) is 1. The van der Waals surface area contributed by atoms with Gasteiger partial charge in [-0.25, -0.2) is 15.4 Å². The van der Waals surface area contributed by atoms with Gasteiger partial charge in [0.15, 0.2) is 0 Å². The number of nitrogens with zero attached hydrogens (tertiary/aromatic N) is 4. The van der Waals surface area contributed by atoms with E-state index in [1.54, 1.807) is 23.3 Å². The third-order valence-electron chi connectivity index (χ3n) is 2.14. The highest BCUT2D eigenvalue weighted by Gasteiger charge is 2.14. The monoisotopic (exact) mass is 204 g/mol. The second-order valence-corrected chi connectivity index (χ2v) is 3.22. The maximum absolute atomic E-state index is 5.50. The van der Waals surface area contributed by atoms with Gasteiger partial charge in [-0.15, -0.1) is 0 Å². The zero-order valence-electron chi connectivity index (χ0n) is 8.33. The van der Waals surface area contributed by atoms with Crippen molar-refractivity contribution in [2.24, 2.45) is 12.9 Å². The quantitative estimate of drug-likeness (QED) is 0.533. The first-order valence-corrected chi connectivity index (χ1v) is 4.51. The van der Waals surface area contributed by atoms with Crippen LogP contribution in [0.4, 0.5) is 0 Å². The Hall–Kier alpha value is -1.79. The number of rotatable bonds is 3. The van der Waals surface area contributed by atoms with Crippen LogP contribution in [0.3, 0.4) is 0 Å². The van der Waals surface area contributed by atoms with Gasteiger partial charge in [0, 0.05) is 36.8 Å². The van der Waals surface area contributed by atoms with Gasteiger partial charge in [-0.2, -0.15) is 5.10 Å². The molecule has 0 aliphatic heterocycles. The van der Waals surface area contributed by atoms with Crippen LogP contribution in [-0.2, 0) is 7.05 Å². The summed E-state index contributed by atoms with van der Waals surface area (Å²) < 4.78 is 1.73. The smallest absolute Gasteiger partial charge is 0.115 e. The Kier molecular flexibility index (Phi) is 2.70. The molecule has 0 aliphatic rings. The Balaban J connectivity index is 2.33. The van der Waals surface area contributed by atoms with Crippen LogP contribution < -0.4 is 11.3 Å². The summed E-state index contributed by atoms with van der Waals surface area (Å²) >= 11 is 0. The lowest BCUT2D eigenvalue weighted by molar-refractivity contribution is 0.631. The first-order chi connectivity index (χ1) is 7.31. The molecule has 2 aromatic rings. The molecule has 2 rings (SSSR count). The standard InChI is InChI=1S/C9H12N6/c1-15-5-8(4-13-15)9(14-10)7-2-11-6-12-3-7/h2-6,9,14H,10H2,1H3. The van der Waals surface area contributed by atoms with E-state index < -0.39 is 0 Å². The lowest BCUT2D eigenvalue weighted by Crippen LogP contribution is -2.28. The Morgan fingerprint density at radius 1 is 1.27 bits per heavy atom. The van der Waals surface area contributed by atoms with Crippen molar-refractivity contribution in [1.82, 2.24) is 25.2 Å².